The summed E-state index contributed by atoms with van der Waals surface area (Å²) in [6.07, 6.45) is 0.257. The van der Waals surface area contributed by atoms with E-state index in [1.54, 1.807) is 0 Å². The molecule has 0 saturated carbocycles. The van der Waals surface area contributed by atoms with E-state index in [0.717, 1.165) is 0 Å². The number of hydrogen-bond acceptors (Lipinski definition) is 3. The predicted octanol–water partition coefficient (Wildman–Crippen LogP) is -2.27. The molecule has 0 fully saturated rings. The molecule has 2 amide bonds. The number of nitrogens with zero attached hydrogens (tertiary/aromatic N) is 1. The van der Waals surface area contributed by atoms with E-state index in [1.165, 1.54) is 0 Å². The van der Waals surface area contributed by atoms with Crippen molar-refractivity contribution in [2.24, 2.45) is 0 Å². The lowest BCUT2D eigenvalue weighted by molar-refractivity contribution is -0.862. The average Bonchev–Trinajstić information content (AvgIpc) is 2.10. The molecule has 0 spiro atoms. The minimum absolute atomic E-state index is 0. The van der Waals surface area contributed by atoms with Gasteiger partial charge in [0.15, 0.2) is 6.54 Å². The van der Waals surface area contributed by atoms with E-state index in [-0.39, 0.29) is 29.9 Å². The van der Waals surface area contributed by atoms with Crippen LogP contribution in [0.1, 0.15) is 27.2 Å². The summed E-state index contributed by atoms with van der Waals surface area (Å²) in [5.74, 6) is 0.0183. The minimum atomic E-state index is -0.483. The number of quaternary nitrogens is 1. The van der Waals surface area contributed by atoms with Gasteiger partial charge in [-0.2, -0.15) is 0 Å². The molecule has 0 aromatic carbocycles. The molecular formula is C13H28IN3O3. The van der Waals surface area contributed by atoms with E-state index in [2.05, 4.69) is 10.6 Å². The fourth-order valence-electron chi connectivity index (χ4n) is 1.31. The molecule has 20 heavy (non-hydrogen) atoms. The van der Waals surface area contributed by atoms with Crippen LogP contribution in [0, 0.1) is 0 Å². The Hall–Kier alpha value is -0.570. The van der Waals surface area contributed by atoms with Crippen LogP contribution >= 0.6 is 0 Å². The average molecular weight is 401 g/mol. The van der Waals surface area contributed by atoms with Gasteiger partial charge in [-0.05, 0) is 27.2 Å². The van der Waals surface area contributed by atoms with Crippen molar-refractivity contribution >= 4 is 12.0 Å². The van der Waals surface area contributed by atoms with Crippen LogP contribution in [0.15, 0.2) is 0 Å². The molecule has 0 unspecified atom stereocenters. The van der Waals surface area contributed by atoms with Crippen LogP contribution < -0.4 is 34.6 Å². The molecule has 7 heteroatoms. The number of amides is 2. The van der Waals surface area contributed by atoms with Crippen LogP contribution in [0.3, 0.4) is 0 Å². The number of halogens is 1. The molecule has 0 aromatic rings. The summed E-state index contributed by atoms with van der Waals surface area (Å²) < 4.78 is 5.69. The standard InChI is InChI=1S/C13H27N3O3.HI/c1-13(2,3)19-12(18)15-9-7-8-14-11(17)10-16(4,5)6;/h7-10H2,1-6H3,(H-,14,15,17,18);1H. The third-order valence-electron chi connectivity index (χ3n) is 1.96. The maximum absolute atomic E-state index is 11.5. The zero-order valence-electron chi connectivity index (χ0n) is 13.4. The molecule has 2 N–H and O–H groups in total. The SMILES string of the molecule is CC(C)(C)OC(=O)NCCCNC(=O)C[N+](C)(C)C.[I-]. The maximum Gasteiger partial charge on any atom is 0.407 e. The molecule has 0 rings (SSSR count). The fourth-order valence-corrected chi connectivity index (χ4v) is 1.31. The fraction of sp³-hybridized carbons (Fsp3) is 0.846. The lowest BCUT2D eigenvalue weighted by Gasteiger charge is -2.22. The highest BCUT2D eigenvalue weighted by Gasteiger charge is 2.16. The van der Waals surface area contributed by atoms with Crippen molar-refractivity contribution in [2.75, 3.05) is 40.8 Å². The molecule has 0 bridgehead atoms. The first-order chi connectivity index (χ1) is 8.49. The Balaban J connectivity index is 0. The van der Waals surface area contributed by atoms with E-state index in [4.69, 9.17) is 4.74 Å². The minimum Gasteiger partial charge on any atom is -1.00 e. The van der Waals surface area contributed by atoms with Crippen molar-refractivity contribution in [2.45, 2.75) is 32.8 Å². The molecule has 120 valence electrons. The Morgan fingerprint density at radius 2 is 1.55 bits per heavy atom. The van der Waals surface area contributed by atoms with Gasteiger partial charge >= 0.3 is 6.09 Å². The number of rotatable bonds is 6. The van der Waals surface area contributed by atoms with Gasteiger partial charge in [0.1, 0.15) is 5.60 Å². The van der Waals surface area contributed by atoms with Crippen LogP contribution in [-0.4, -0.2) is 62.9 Å². The second-order valence-electron chi connectivity index (χ2n) is 6.58. The van der Waals surface area contributed by atoms with Gasteiger partial charge in [0.05, 0.1) is 21.1 Å². The Bertz CT molecular complexity index is 279. The van der Waals surface area contributed by atoms with Gasteiger partial charge in [0, 0.05) is 13.1 Å². The van der Waals surface area contributed by atoms with E-state index in [1.807, 2.05) is 41.9 Å². The second-order valence-corrected chi connectivity index (χ2v) is 6.58. The number of carbonyl (C=O) groups is 2. The molecule has 0 saturated heterocycles. The molecule has 0 radical (unpaired) electrons. The smallest absolute Gasteiger partial charge is 0.407 e. The van der Waals surface area contributed by atoms with Crippen molar-refractivity contribution in [3.05, 3.63) is 0 Å². The molecule has 0 aromatic heterocycles. The normalized spacial score (nSPS) is 11.3. The first-order valence-corrected chi connectivity index (χ1v) is 6.54. The Morgan fingerprint density at radius 3 is 2.00 bits per heavy atom. The number of alkyl carbamates (subject to hydrolysis) is 1. The molecule has 0 aliphatic carbocycles. The van der Waals surface area contributed by atoms with Crippen molar-refractivity contribution in [3.63, 3.8) is 0 Å². The molecular weight excluding hydrogens is 373 g/mol. The summed E-state index contributed by atoms with van der Waals surface area (Å²) in [4.78, 5) is 22.8. The summed E-state index contributed by atoms with van der Waals surface area (Å²) in [5.41, 5.74) is -0.483. The summed E-state index contributed by atoms with van der Waals surface area (Å²) in [6.45, 7) is 6.93. The van der Waals surface area contributed by atoms with Gasteiger partial charge in [0.2, 0.25) is 0 Å². The molecule has 0 atom stereocenters. The number of carbonyl (C=O) groups excluding carboxylic acids is 2. The highest BCUT2D eigenvalue weighted by molar-refractivity contribution is 5.77. The number of likely N-dealkylation sites (N-methyl/N-ethyl adjacent to an activating group) is 1. The van der Waals surface area contributed by atoms with E-state index in [9.17, 15) is 9.59 Å². The molecule has 6 nitrogen and oxygen atoms in total. The Kier molecular flexibility index (Phi) is 10.2. The van der Waals surface area contributed by atoms with Gasteiger partial charge < -0.3 is 43.8 Å². The van der Waals surface area contributed by atoms with Crippen LogP contribution in [0.25, 0.3) is 0 Å². The summed E-state index contributed by atoms with van der Waals surface area (Å²) >= 11 is 0. The summed E-state index contributed by atoms with van der Waals surface area (Å²) in [6, 6.07) is 0. The number of hydrogen-bond donors (Lipinski definition) is 2. The van der Waals surface area contributed by atoms with E-state index < -0.39 is 11.7 Å². The summed E-state index contributed by atoms with van der Waals surface area (Å²) in [5, 5.41) is 5.46. The third kappa shape index (κ3) is 15.5. The first-order valence-electron chi connectivity index (χ1n) is 6.54. The lowest BCUT2D eigenvalue weighted by atomic mass is 10.2. The summed E-state index contributed by atoms with van der Waals surface area (Å²) in [7, 11) is 5.89. The zero-order valence-corrected chi connectivity index (χ0v) is 15.5. The third-order valence-corrected chi connectivity index (χ3v) is 1.96. The van der Waals surface area contributed by atoms with Gasteiger partial charge in [0.25, 0.3) is 5.91 Å². The lowest BCUT2D eigenvalue weighted by Crippen LogP contribution is -3.00. The quantitative estimate of drug-likeness (QED) is 0.300. The van der Waals surface area contributed by atoms with E-state index in [0.29, 0.717) is 30.5 Å². The second kappa shape index (κ2) is 9.38. The zero-order chi connectivity index (χ0) is 15.1. The first kappa shape index (κ1) is 21.7. The van der Waals surface area contributed by atoms with Crippen LogP contribution in [0.4, 0.5) is 4.79 Å². The van der Waals surface area contributed by atoms with Crippen LogP contribution in [0.5, 0.6) is 0 Å². The van der Waals surface area contributed by atoms with Crippen molar-refractivity contribution in [3.8, 4) is 0 Å². The number of nitrogens with one attached hydrogen (secondary N) is 2. The van der Waals surface area contributed by atoms with Crippen molar-refractivity contribution in [1.29, 1.82) is 0 Å². The highest BCUT2D eigenvalue weighted by Crippen LogP contribution is 2.06. The Labute approximate surface area is 139 Å². The molecule has 0 aliphatic rings. The molecule has 0 aliphatic heterocycles. The van der Waals surface area contributed by atoms with Gasteiger partial charge in [-0.1, -0.05) is 0 Å². The van der Waals surface area contributed by atoms with Crippen LogP contribution in [0.2, 0.25) is 0 Å². The van der Waals surface area contributed by atoms with Gasteiger partial charge in [-0.15, -0.1) is 0 Å². The highest BCUT2D eigenvalue weighted by atomic mass is 127. The van der Waals surface area contributed by atoms with Gasteiger partial charge in [-0.25, -0.2) is 4.79 Å². The molecule has 0 heterocycles. The van der Waals surface area contributed by atoms with E-state index >= 15 is 0 Å². The predicted molar refractivity (Wildman–Crippen MR) is 74.8 cm³/mol. The van der Waals surface area contributed by atoms with Crippen LogP contribution in [-0.2, 0) is 9.53 Å². The van der Waals surface area contributed by atoms with Crippen molar-refractivity contribution in [1.82, 2.24) is 10.6 Å². The Morgan fingerprint density at radius 1 is 1.05 bits per heavy atom. The van der Waals surface area contributed by atoms with Crippen molar-refractivity contribution < 1.29 is 42.8 Å². The van der Waals surface area contributed by atoms with Gasteiger partial charge in [-0.3, -0.25) is 4.79 Å². The monoisotopic (exact) mass is 401 g/mol. The largest absolute Gasteiger partial charge is 1.00 e. The topological polar surface area (TPSA) is 67.4 Å². The number of ether oxygens (including phenoxy) is 1. The maximum atomic E-state index is 11.5.